The van der Waals surface area contributed by atoms with Crippen LogP contribution < -0.4 is 5.32 Å². The zero-order valence-corrected chi connectivity index (χ0v) is 22.4. The van der Waals surface area contributed by atoms with Crippen LogP contribution in [0, 0.1) is 18.3 Å². The molecule has 40 heavy (non-hydrogen) atoms. The van der Waals surface area contributed by atoms with Crippen LogP contribution in [0.4, 0.5) is 11.5 Å². The fourth-order valence-electron chi connectivity index (χ4n) is 4.79. The molecule has 0 bridgehead atoms. The van der Waals surface area contributed by atoms with Crippen molar-refractivity contribution in [3.05, 3.63) is 77.5 Å². The summed E-state index contributed by atoms with van der Waals surface area (Å²) < 4.78 is 8.68. The summed E-state index contributed by atoms with van der Waals surface area (Å²) in [6.07, 6.45) is 3.18. The Kier molecular flexibility index (Phi) is 6.69. The quantitative estimate of drug-likeness (QED) is 0.304. The molecular formula is C28H28N10O2. The minimum absolute atomic E-state index is 0.285. The van der Waals surface area contributed by atoms with Crippen molar-refractivity contribution in [2.75, 3.05) is 25.5 Å². The minimum atomic E-state index is -0.765. The molecule has 12 heteroatoms. The lowest BCUT2D eigenvalue weighted by Crippen LogP contribution is -2.51. The molecular weight excluding hydrogens is 508 g/mol. The smallest absolute Gasteiger partial charge is 0.163 e. The molecule has 0 aliphatic carbocycles. The van der Waals surface area contributed by atoms with Crippen LogP contribution in [0.3, 0.4) is 0 Å². The number of hydrogen-bond donors (Lipinski definition) is 2. The number of ether oxygens (including phenoxy) is 1. The van der Waals surface area contributed by atoms with Crippen molar-refractivity contribution in [3.63, 3.8) is 0 Å². The predicted molar refractivity (Wildman–Crippen MR) is 147 cm³/mol. The molecule has 5 aromatic heterocycles. The largest absolute Gasteiger partial charge is 0.389 e. The van der Waals surface area contributed by atoms with E-state index < -0.39 is 6.10 Å². The number of anilines is 2. The van der Waals surface area contributed by atoms with Gasteiger partial charge in [-0.25, -0.2) is 14.2 Å². The van der Waals surface area contributed by atoms with Gasteiger partial charge in [0.2, 0.25) is 0 Å². The van der Waals surface area contributed by atoms with Crippen LogP contribution in [-0.2, 0) is 11.3 Å². The maximum Gasteiger partial charge on any atom is 0.163 e. The second-order valence-electron chi connectivity index (χ2n) is 9.87. The highest BCUT2D eigenvalue weighted by atomic mass is 16.5. The minimum Gasteiger partial charge on any atom is -0.389 e. The lowest BCUT2D eigenvalue weighted by atomic mass is 10.1. The van der Waals surface area contributed by atoms with Crippen molar-refractivity contribution in [2.24, 2.45) is 0 Å². The summed E-state index contributed by atoms with van der Waals surface area (Å²) in [7, 11) is 1.74. The van der Waals surface area contributed by atoms with Crippen molar-refractivity contribution >= 4 is 17.0 Å². The fraction of sp³-hybridized carbons (Fsp3) is 0.286. The molecule has 0 amide bonds. The second-order valence-corrected chi connectivity index (χ2v) is 9.87. The van der Waals surface area contributed by atoms with Gasteiger partial charge in [-0.05, 0) is 50.2 Å². The van der Waals surface area contributed by atoms with Gasteiger partial charge in [0.05, 0.1) is 47.2 Å². The lowest BCUT2D eigenvalue weighted by Gasteiger charge is -2.37. The molecule has 5 aromatic rings. The zero-order valence-electron chi connectivity index (χ0n) is 22.4. The number of hydrogen-bond acceptors (Lipinski definition) is 10. The number of nitriles is 1. The number of aryl methyl sites for hydroxylation is 1. The van der Waals surface area contributed by atoms with Crippen molar-refractivity contribution in [2.45, 2.75) is 32.6 Å². The summed E-state index contributed by atoms with van der Waals surface area (Å²) in [6.45, 7) is 6.10. The number of rotatable bonds is 8. The highest BCUT2D eigenvalue weighted by molar-refractivity contribution is 5.79. The number of methoxy groups -OCH3 is 1. The summed E-state index contributed by atoms with van der Waals surface area (Å²) in [5.74, 6) is 1.11. The first-order chi connectivity index (χ1) is 19.4. The van der Waals surface area contributed by atoms with Crippen molar-refractivity contribution in [3.8, 4) is 23.1 Å². The number of nitrogens with one attached hydrogen (secondary N) is 1. The molecule has 0 spiro atoms. The molecule has 1 saturated heterocycles. The summed E-state index contributed by atoms with van der Waals surface area (Å²) in [4.78, 5) is 7.10. The van der Waals surface area contributed by atoms with Gasteiger partial charge in [-0.1, -0.05) is 6.07 Å². The van der Waals surface area contributed by atoms with Crippen LogP contribution in [0.15, 0.2) is 54.9 Å². The molecule has 202 valence electrons. The topological polar surface area (TPSA) is 142 Å². The highest BCUT2D eigenvalue weighted by Gasteiger charge is 2.26. The van der Waals surface area contributed by atoms with Gasteiger partial charge in [0.1, 0.15) is 6.07 Å². The average Bonchev–Trinajstić information content (AvgIpc) is 3.53. The van der Waals surface area contributed by atoms with Crippen LogP contribution in [0.1, 0.15) is 35.7 Å². The van der Waals surface area contributed by atoms with Crippen LogP contribution >= 0.6 is 0 Å². The van der Waals surface area contributed by atoms with Crippen LogP contribution in [0.25, 0.3) is 22.6 Å². The van der Waals surface area contributed by atoms with Gasteiger partial charge in [-0.2, -0.15) is 20.6 Å². The third-order valence-electron chi connectivity index (χ3n) is 6.98. The molecule has 0 aromatic carbocycles. The second kappa shape index (κ2) is 10.5. The first-order valence-electron chi connectivity index (χ1n) is 12.9. The first kappa shape index (κ1) is 25.6. The third-order valence-corrected chi connectivity index (χ3v) is 6.98. The number of fused-ring (bicyclic) bond motifs is 1. The monoisotopic (exact) mass is 536 g/mol. The molecule has 0 radical (unpaired) electrons. The number of nitrogens with zero attached hydrogens (tertiary/aromatic N) is 9. The Bertz CT molecular complexity index is 1710. The highest BCUT2D eigenvalue weighted by Crippen LogP contribution is 2.29. The number of likely N-dealkylation sites (tertiary alicyclic amines) is 1. The van der Waals surface area contributed by atoms with Gasteiger partial charge in [0.25, 0.3) is 0 Å². The van der Waals surface area contributed by atoms with E-state index in [1.165, 1.54) is 0 Å². The van der Waals surface area contributed by atoms with Gasteiger partial charge in [-0.3, -0.25) is 4.90 Å². The molecule has 6 rings (SSSR count). The van der Waals surface area contributed by atoms with Crippen LogP contribution in [0.2, 0.25) is 0 Å². The standard InChI is InChI=1S/C28H28N10O2/c1-17-10-21(11-29)35-38(17)28-23(18(2)39)6-7-25(32-28)24-12-30-37-14-19(4-8-26(24)37)31-27-9-5-20(33-34-27)13-36-15-22(16-36)40-3/h4-10,12,14,18,22,39H,13,15-16H2,1-3H3,(H,31,34). The lowest BCUT2D eigenvalue weighted by molar-refractivity contribution is -0.0340. The number of aliphatic hydroxyl groups excluding tert-OH is 1. The molecule has 12 nitrogen and oxygen atoms in total. The maximum absolute atomic E-state index is 10.4. The van der Waals surface area contributed by atoms with E-state index in [1.54, 1.807) is 35.5 Å². The predicted octanol–water partition coefficient (Wildman–Crippen LogP) is 3.18. The van der Waals surface area contributed by atoms with Gasteiger partial charge in [0, 0.05) is 43.6 Å². The number of aliphatic hydroxyl groups is 1. The van der Waals surface area contributed by atoms with E-state index >= 15 is 0 Å². The Labute approximate surface area is 230 Å². The van der Waals surface area contributed by atoms with Crippen LogP contribution in [-0.4, -0.2) is 70.9 Å². The molecule has 1 atom stereocenters. The normalized spacial score (nSPS) is 14.7. The van der Waals surface area contributed by atoms with E-state index in [-0.39, 0.29) is 5.69 Å². The summed E-state index contributed by atoms with van der Waals surface area (Å²) in [6, 6.07) is 15.2. The van der Waals surface area contributed by atoms with E-state index in [0.29, 0.717) is 29.0 Å². The summed E-state index contributed by atoms with van der Waals surface area (Å²) in [5, 5.41) is 40.5. The molecule has 1 fully saturated rings. The Morgan fingerprint density at radius 3 is 2.73 bits per heavy atom. The maximum atomic E-state index is 10.4. The van der Waals surface area contributed by atoms with Gasteiger partial charge in [0.15, 0.2) is 17.3 Å². The Balaban J connectivity index is 1.23. The first-order valence-corrected chi connectivity index (χ1v) is 12.9. The van der Waals surface area contributed by atoms with Gasteiger partial charge < -0.3 is 15.2 Å². The molecule has 1 aliphatic heterocycles. The van der Waals surface area contributed by atoms with Gasteiger partial charge >= 0.3 is 0 Å². The Morgan fingerprint density at radius 2 is 2.02 bits per heavy atom. The molecule has 2 N–H and O–H groups in total. The number of aromatic nitrogens is 7. The van der Waals surface area contributed by atoms with E-state index in [2.05, 4.69) is 36.7 Å². The van der Waals surface area contributed by atoms with Crippen molar-refractivity contribution in [1.29, 1.82) is 5.26 Å². The Morgan fingerprint density at radius 1 is 1.18 bits per heavy atom. The SMILES string of the molecule is COC1CN(Cc2ccc(Nc3ccc4c(-c5ccc(C(C)O)c(-n6nc(C#N)cc6C)n5)cnn4c3)nn2)C1. The zero-order chi connectivity index (χ0) is 27.8. The molecule has 6 heterocycles. The van der Waals surface area contributed by atoms with E-state index in [4.69, 9.17) is 9.72 Å². The Hall–Kier alpha value is -4.70. The van der Waals surface area contributed by atoms with Crippen molar-refractivity contribution < 1.29 is 9.84 Å². The van der Waals surface area contributed by atoms with E-state index in [0.717, 1.165) is 47.8 Å². The fourth-order valence-corrected chi connectivity index (χ4v) is 4.79. The molecule has 1 unspecified atom stereocenters. The van der Waals surface area contributed by atoms with E-state index in [1.807, 2.05) is 49.5 Å². The van der Waals surface area contributed by atoms with Crippen LogP contribution in [0.5, 0.6) is 0 Å². The number of pyridine rings is 2. The average molecular weight is 537 g/mol. The third kappa shape index (κ3) is 4.89. The molecule has 0 saturated carbocycles. The summed E-state index contributed by atoms with van der Waals surface area (Å²) in [5.41, 5.74) is 5.71. The van der Waals surface area contributed by atoms with Gasteiger partial charge in [-0.15, -0.1) is 5.10 Å². The molecule has 1 aliphatic rings. The summed E-state index contributed by atoms with van der Waals surface area (Å²) >= 11 is 0. The van der Waals surface area contributed by atoms with Crippen molar-refractivity contribution in [1.82, 2.24) is 39.5 Å². The van der Waals surface area contributed by atoms with E-state index in [9.17, 15) is 10.4 Å².